The van der Waals surface area contributed by atoms with Gasteiger partial charge in [-0.1, -0.05) is 28.1 Å². The summed E-state index contributed by atoms with van der Waals surface area (Å²) in [7, 11) is 0. The Balaban J connectivity index is 1.62. The van der Waals surface area contributed by atoms with E-state index in [1.165, 1.54) is 0 Å². The van der Waals surface area contributed by atoms with E-state index < -0.39 is 11.7 Å². The van der Waals surface area contributed by atoms with Crippen molar-refractivity contribution >= 4 is 39.9 Å². The zero-order valence-corrected chi connectivity index (χ0v) is 20.0. The first-order chi connectivity index (χ1) is 14.6. The SMILES string of the molecule is CC(C)(C)OC(=O)NCCC(=O)NCC1CCN(C(=O)/C=C/c2cccc(Br)c2)CC1. The van der Waals surface area contributed by atoms with E-state index in [4.69, 9.17) is 4.74 Å². The second kappa shape index (κ2) is 11.9. The third-order valence-electron chi connectivity index (χ3n) is 4.80. The number of halogens is 1. The van der Waals surface area contributed by atoms with E-state index in [2.05, 4.69) is 26.6 Å². The van der Waals surface area contributed by atoms with E-state index in [0.717, 1.165) is 22.9 Å². The molecule has 0 saturated carbocycles. The highest BCUT2D eigenvalue weighted by molar-refractivity contribution is 9.10. The molecule has 0 unspecified atom stereocenters. The molecular formula is C23H32BrN3O4. The third-order valence-corrected chi connectivity index (χ3v) is 5.29. The number of amides is 3. The summed E-state index contributed by atoms with van der Waals surface area (Å²) in [5, 5.41) is 5.50. The predicted molar refractivity (Wildman–Crippen MR) is 124 cm³/mol. The minimum atomic E-state index is -0.558. The van der Waals surface area contributed by atoms with Crippen LogP contribution in [-0.4, -0.2) is 54.6 Å². The van der Waals surface area contributed by atoms with Gasteiger partial charge in [0.1, 0.15) is 5.60 Å². The lowest BCUT2D eigenvalue weighted by Gasteiger charge is -2.31. The number of benzene rings is 1. The van der Waals surface area contributed by atoms with Crippen molar-refractivity contribution in [1.82, 2.24) is 15.5 Å². The fourth-order valence-corrected chi connectivity index (χ4v) is 3.60. The summed E-state index contributed by atoms with van der Waals surface area (Å²) in [6.45, 7) is 7.55. The lowest BCUT2D eigenvalue weighted by Crippen LogP contribution is -2.41. The molecule has 0 spiro atoms. The lowest BCUT2D eigenvalue weighted by atomic mass is 9.96. The maximum Gasteiger partial charge on any atom is 0.407 e. The second-order valence-electron chi connectivity index (χ2n) is 8.64. The molecule has 7 nitrogen and oxygen atoms in total. The highest BCUT2D eigenvalue weighted by atomic mass is 79.9. The number of nitrogens with one attached hydrogen (secondary N) is 2. The Kier molecular flexibility index (Phi) is 9.55. The summed E-state index contributed by atoms with van der Waals surface area (Å²) in [5.74, 6) is 0.253. The van der Waals surface area contributed by atoms with Gasteiger partial charge in [-0.2, -0.15) is 0 Å². The summed E-state index contributed by atoms with van der Waals surface area (Å²) < 4.78 is 6.11. The van der Waals surface area contributed by atoms with E-state index in [-0.39, 0.29) is 24.8 Å². The Morgan fingerprint density at radius 3 is 2.55 bits per heavy atom. The Hall–Kier alpha value is -2.35. The van der Waals surface area contributed by atoms with Crippen LogP contribution in [0.5, 0.6) is 0 Å². The van der Waals surface area contributed by atoms with Crippen LogP contribution >= 0.6 is 15.9 Å². The van der Waals surface area contributed by atoms with E-state index in [0.29, 0.717) is 25.6 Å². The largest absolute Gasteiger partial charge is 0.444 e. The molecule has 0 bridgehead atoms. The van der Waals surface area contributed by atoms with Gasteiger partial charge in [-0.3, -0.25) is 9.59 Å². The first kappa shape index (κ1) is 24.9. The summed E-state index contributed by atoms with van der Waals surface area (Å²) in [6, 6.07) is 7.79. The maximum absolute atomic E-state index is 12.4. The first-order valence-corrected chi connectivity index (χ1v) is 11.4. The minimum absolute atomic E-state index is 0.00989. The van der Waals surface area contributed by atoms with E-state index in [1.807, 2.05) is 35.2 Å². The van der Waals surface area contributed by atoms with Gasteiger partial charge >= 0.3 is 6.09 Å². The average molecular weight is 494 g/mol. The van der Waals surface area contributed by atoms with Gasteiger partial charge in [0.2, 0.25) is 11.8 Å². The van der Waals surface area contributed by atoms with Crippen LogP contribution in [-0.2, 0) is 14.3 Å². The van der Waals surface area contributed by atoms with Crippen LogP contribution in [0.1, 0.15) is 45.6 Å². The molecule has 1 aliphatic heterocycles. The van der Waals surface area contributed by atoms with Crippen LogP contribution in [0, 0.1) is 5.92 Å². The van der Waals surface area contributed by atoms with Gasteiger partial charge in [-0.05, 0) is 63.3 Å². The monoisotopic (exact) mass is 493 g/mol. The van der Waals surface area contributed by atoms with Crippen molar-refractivity contribution in [2.45, 2.75) is 45.6 Å². The zero-order valence-electron chi connectivity index (χ0n) is 18.4. The molecule has 1 heterocycles. The van der Waals surface area contributed by atoms with Gasteiger partial charge in [-0.15, -0.1) is 0 Å². The second-order valence-corrected chi connectivity index (χ2v) is 9.56. The van der Waals surface area contributed by atoms with Gasteiger partial charge in [0.15, 0.2) is 0 Å². The van der Waals surface area contributed by atoms with Crippen molar-refractivity contribution in [2.75, 3.05) is 26.2 Å². The first-order valence-electron chi connectivity index (χ1n) is 10.6. The number of piperidine rings is 1. The molecular weight excluding hydrogens is 462 g/mol. The van der Waals surface area contributed by atoms with Gasteiger partial charge in [0.05, 0.1) is 0 Å². The maximum atomic E-state index is 12.4. The van der Waals surface area contributed by atoms with Crippen molar-refractivity contribution in [3.05, 3.63) is 40.4 Å². The summed E-state index contributed by atoms with van der Waals surface area (Å²) >= 11 is 3.42. The fraction of sp³-hybridized carbons (Fsp3) is 0.522. The predicted octanol–water partition coefficient (Wildman–Crippen LogP) is 3.73. The molecule has 31 heavy (non-hydrogen) atoms. The number of nitrogens with zero attached hydrogens (tertiary/aromatic N) is 1. The summed E-state index contributed by atoms with van der Waals surface area (Å²) in [4.78, 5) is 37.8. The fourth-order valence-electron chi connectivity index (χ4n) is 3.18. The smallest absolute Gasteiger partial charge is 0.407 e. The van der Waals surface area contributed by atoms with Gasteiger partial charge < -0.3 is 20.3 Å². The number of carbonyl (C=O) groups is 3. The third kappa shape index (κ3) is 10.0. The Labute approximate surface area is 192 Å². The van der Waals surface area contributed by atoms with Gasteiger partial charge in [0.25, 0.3) is 0 Å². The molecule has 1 fully saturated rings. The number of likely N-dealkylation sites (tertiary alicyclic amines) is 1. The number of carbonyl (C=O) groups excluding carboxylic acids is 3. The summed E-state index contributed by atoms with van der Waals surface area (Å²) in [6.07, 6.45) is 4.83. The molecule has 1 aliphatic rings. The molecule has 0 radical (unpaired) electrons. The Morgan fingerprint density at radius 1 is 1.19 bits per heavy atom. The normalized spacial score (nSPS) is 15.0. The number of alkyl carbamates (subject to hydrolysis) is 1. The van der Waals surface area contributed by atoms with Crippen molar-refractivity contribution in [1.29, 1.82) is 0 Å². The molecule has 8 heteroatoms. The van der Waals surface area contributed by atoms with Crippen LogP contribution in [0.15, 0.2) is 34.8 Å². The van der Waals surface area contributed by atoms with Crippen LogP contribution in [0.3, 0.4) is 0 Å². The van der Waals surface area contributed by atoms with Crippen LogP contribution < -0.4 is 10.6 Å². The molecule has 1 aromatic carbocycles. The number of hydrogen-bond acceptors (Lipinski definition) is 4. The molecule has 1 saturated heterocycles. The Morgan fingerprint density at radius 2 is 1.90 bits per heavy atom. The topological polar surface area (TPSA) is 87.7 Å². The van der Waals surface area contributed by atoms with Crippen molar-refractivity contribution in [2.24, 2.45) is 5.92 Å². The summed E-state index contributed by atoms with van der Waals surface area (Å²) in [5.41, 5.74) is 0.415. The molecule has 0 aliphatic carbocycles. The number of ether oxygens (including phenoxy) is 1. The van der Waals surface area contributed by atoms with E-state index in [1.54, 1.807) is 26.8 Å². The highest BCUT2D eigenvalue weighted by Crippen LogP contribution is 2.18. The molecule has 170 valence electrons. The lowest BCUT2D eigenvalue weighted by molar-refractivity contribution is -0.127. The molecule has 2 rings (SSSR count). The van der Waals surface area contributed by atoms with Crippen LogP contribution in [0.2, 0.25) is 0 Å². The average Bonchev–Trinajstić information content (AvgIpc) is 2.69. The molecule has 2 N–H and O–H groups in total. The molecule has 1 aromatic rings. The van der Waals surface area contributed by atoms with E-state index >= 15 is 0 Å². The van der Waals surface area contributed by atoms with Gasteiger partial charge in [-0.25, -0.2) is 4.79 Å². The Bertz CT molecular complexity index is 796. The van der Waals surface area contributed by atoms with Crippen molar-refractivity contribution < 1.29 is 19.1 Å². The van der Waals surface area contributed by atoms with E-state index in [9.17, 15) is 14.4 Å². The number of hydrogen-bond donors (Lipinski definition) is 2. The number of rotatable bonds is 7. The molecule has 3 amide bonds. The molecule has 0 aromatic heterocycles. The zero-order chi connectivity index (χ0) is 22.9. The quantitative estimate of drug-likeness (QED) is 0.566. The highest BCUT2D eigenvalue weighted by Gasteiger charge is 2.22. The van der Waals surface area contributed by atoms with Crippen LogP contribution in [0.4, 0.5) is 4.79 Å². The van der Waals surface area contributed by atoms with Crippen LogP contribution in [0.25, 0.3) is 6.08 Å². The standard InChI is InChI=1S/C23H32BrN3O4/c1-23(2,3)31-22(30)25-12-9-20(28)26-16-18-10-13-27(14-11-18)21(29)8-7-17-5-4-6-19(24)15-17/h4-8,15,18H,9-14,16H2,1-3H3,(H,25,30)(H,26,28)/b8-7+. The minimum Gasteiger partial charge on any atom is -0.444 e. The molecule has 0 atom stereocenters. The van der Waals surface area contributed by atoms with Crippen molar-refractivity contribution in [3.8, 4) is 0 Å². The van der Waals surface area contributed by atoms with Crippen molar-refractivity contribution in [3.63, 3.8) is 0 Å². The van der Waals surface area contributed by atoms with Gasteiger partial charge in [0, 0.05) is 43.1 Å².